The summed E-state index contributed by atoms with van der Waals surface area (Å²) >= 11 is 0. The molecular weight excluding hydrogens is 570 g/mol. The number of ether oxygens (including phenoxy) is 1. The monoisotopic (exact) mass is 623 g/mol. The van der Waals surface area contributed by atoms with Gasteiger partial charge in [0.15, 0.2) is 0 Å². The highest BCUT2D eigenvalue weighted by atomic mass is 16.6. The second-order valence-electron chi connectivity index (χ2n) is 17.3. The van der Waals surface area contributed by atoms with Crippen molar-refractivity contribution in [1.29, 1.82) is 0 Å². The van der Waals surface area contributed by atoms with E-state index in [4.69, 9.17) is 4.74 Å². The number of allylic oxidation sites excluding steroid dienone is 2. The van der Waals surface area contributed by atoms with Gasteiger partial charge in [-0.15, -0.1) is 0 Å². The lowest BCUT2D eigenvalue weighted by Gasteiger charge is -2.72. The number of carbonyl (C=O) groups excluding carboxylic acids is 1. The van der Waals surface area contributed by atoms with Crippen LogP contribution >= 0.6 is 0 Å². The third-order valence-corrected chi connectivity index (χ3v) is 15.0. The normalized spacial score (nSPS) is 46.8. The molecule has 0 aromatic heterocycles. The third-order valence-electron chi connectivity index (χ3n) is 15.0. The minimum atomic E-state index is -1.17. The van der Waals surface area contributed by atoms with Gasteiger partial charge in [0.05, 0.1) is 22.5 Å². The molecule has 3 N–H and O–H groups in total. The van der Waals surface area contributed by atoms with E-state index in [0.717, 1.165) is 56.9 Å². The van der Waals surface area contributed by atoms with Gasteiger partial charge < -0.3 is 20.1 Å². The number of rotatable bonds is 4. The van der Waals surface area contributed by atoms with E-state index >= 15 is 0 Å². The largest absolute Gasteiger partial charge is 0.460 e. The maximum Gasteiger partial charge on any atom is 0.312 e. The minimum Gasteiger partial charge on any atom is -0.460 e. The molecule has 8 heteroatoms. The molecule has 5 aliphatic carbocycles. The maximum atomic E-state index is 13.7. The summed E-state index contributed by atoms with van der Waals surface area (Å²) in [6.07, 6.45) is 6.63. The van der Waals surface area contributed by atoms with Crippen LogP contribution in [0.3, 0.4) is 0 Å². The van der Waals surface area contributed by atoms with Crippen molar-refractivity contribution in [3.05, 3.63) is 51.6 Å². The molecule has 0 heterocycles. The van der Waals surface area contributed by atoms with Crippen LogP contribution in [-0.4, -0.2) is 44.5 Å². The third kappa shape index (κ3) is 4.44. The standard InChI is InChI=1S/C37H53NO7/c1-32(2)26-14-15-36(6)27(37(26,7)30(41)28(39)29(32)40)13-12-24-25-20-34(4,17-16-33(25,3)18-19-35(24,36)5)31(42)45-21-22-8-10-23(11-9-22)38(43)44/h8-12,25-30,39-41H,13-21H2,1-7H3/t25-,26-,27-,28+,29-,30-,33+,34-,35+,36+,37-/m0/s1. The Kier molecular flexibility index (Phi) is 7.51. The van der Waals surface area contributed by atoms with Crippen molar-refractivity contribution < 1.29 is 29.8 Å². The maximum absolute atomic E-state index is 13.7. The number of hydrogen-bond donors (Lipinski definition) is 3. The minimum absolute atomic E-state index is 0.0126. The van der Waals surface area contributed by atoms with Gasteiger partial charge in [-0.05, 0) is 115 Å². The van der Waals surface area contributed by atoms with Crippen LogP contribution in [0.2, 0.25) is 0 Å². The molecule has 45 heavy (non-hydrogen) atoms. The molecule has 0 aliphatic heterocycles. The summed E-state index contributed by atoms with van der Waals surface area (Å²) in [5, 5.41) is 44.9. The highest BCUT2D eigenvalue weighted by Gasteiger charge is 2.71. The van der Waals surface area contributed by atoms with Crippen LogP contribution in [0.15, 0.2) is 35.9 Å². The first-order valence-electron chi connectivity index (χ1n) is 17.0. The molecule has 0 spiro atoms. The molecule has 248 valence electrons. The number of esters is 1. The van der Waals surface area contributed by atoms with Crippen molar-refractivity contribution in [3.63, 3.8) is 0 Å². The SMILES string of the molecule is CC1(C)[C@@H](O)[C@@H](O)[C@H](O)[C@]2(C)[C@H]3CC=C4[C@@H]5C[C@@](C)(C(=O)OCc6ccc([N+](=O)[O-])cc6)CC[C@]5(C)CC[C@@]4(C)[C@]3(C)CC[C@@H]12. The van der Waals surface area contributed by atoms with Crippen molar-refractivity contribution in [2.45, 2.75) is 125 Å². The quantitative estimate of drug-likeness (QED) is 0.147. The Morgan fingerprint density at radius 3 is 2.20 bits per heavy atom. The molecule has 0 amide bonds. The van der Waals surface area contributed by atoms with Gasteiger partial charge in [0.25, 0.3) is 5.69 Å². The molecule has 0 saturated heterocycles. The van der Waals surface area contributed by atoms with Crippen LogP contribution in [0.4, 0.5) is 5.69 Å². The first-order chi connectivity index (χ1) is 20.8. The van der Waals surface area contributed by atoms with Crippen molar-refractivity contribution >= 4 is 11.7 Å². The van der Waals surface area contributed by atoms with E-state index in [2.05, 4.69) is 47.6 Å². The average Bonchev–Trinajstić information content (AvgIpc) is 2.99. The highest BCUT2D eigenvalue weighted by molar-refractivity contribution is 5.76. The molecule has 0 radical (unpaired) electrons. The van der Waals surface area contributed by atoms with Gasteiger partial charge in [0.2, 0.25) is 0 Å². The number of nitrogens with zero attached hydrogens (tertiary/aromatic N) is 1. The van der Waals surface area contributed by atoms with Crippen molar-refractivity contribution in [2.24, 2.45) is 50.2 Å². The molecule has 0 bridgehead atoms. The topological polar surface area (TPSA) is 130 Å². The zero-order valence-electron chi connectivity index (χ0n) is 28.1. The number of benzene rings is 1. The van der Waals surface area contributed by atoms with Crippen LogP contribution in [-0.2, 0) is 16.1 Å². The Morgan fingerprint density at radius 1 is 0.911 bits per heavy atom. The number of hydrogen-bond acceptors (Lipinski definition) is 7. The lowest BCUT2D eigenvalue weighted by Crippen LogP contribution is -2.71. The van der Waals surface area contributed by atoms with E-state index < -0.39 is 39.5 Å². The Hall–Kier alpha value is -2.29. The Morgan fingerprint density at radius 2 is 1.56 bits per heavy atom. The second-order valence-corrected chi connectivity index (χ2v) is 17.3. The number of aliphatic hydroxyl groups excluding tert-OH is 3. The highest BCUT2D eigenvalue weighted by Crippen LogP contribution is 2.75. The molecule has 4 saturated carbocycles. The summed E-state index contributed by atoms with van der Waals surface area (Å²) in [5.41, 5.74) is 0.416. The van der Waals surface area contributed by atoms with E-state index in [1.54, 1.807) is 12.1 Å². The van der Waals surface area contributed by atoms with Crippen LogP contribution in [0.25, 0.3) is 0 Å². The van der Waals surface area contributed by atoms with E-state index in [0.29, 0.717) is 0 Å². The lowest BCUT2D eigenvalue weighted by molar-refractivity contribution is -0.384. The van der Waals surface area contributed by atoms with E-state index in [1.165, 1.54) is 17.7 Å². The lowest BCUT2D eigenvalue weighted by atomic mass is 9.33. The second kappa shape index (κ2) is 10.4. The number of non-ortho nitro benzene ring substituents is 1. The molecule has 0 unspecified atom stereocenters. The van der Waals surface area contributed by atoms with Crippen LogP contribution in [0, 0.1) is 60.4 Å². The predicted molar refractivity (Wildman–Crippen MR) is 171 cm³/mol. The molecule has 1 aromatic carbocycles. The smallest absolute Gasteiger partial charge is 0.312 e. The van der Waals surface area contributed by atoms with Crippen LogP contribution in [0.1, 0.15) is 105 Å². The van der Waals surface area contributed by atoms with Gasteiger partial charge in [-0.3, -0.25) is 14.9 Å². The Bertz CT molecular complexity index is 1410. The summed E-state index contributed by atoms with van der Waals surface area (Å²) in [5.74, 6) is 0.279. The Balaban J connectivity index is 1.28. The molecular formula is C37H53NO7. The molecule has 11 atom stereocenters. The zero-order chi connectivity index (χ0) is 33.0. The summed E-state index contributed by atoms with van der Waals surface area (Å²) < 4.78 is 5.87. The zero-order valence-corrected chi connectivity index (χ0v) is 28.1. The molecule has 5 aliphatic rings. The first kappa shape index (κ1) is 32.6. The van der Waals surface area contributed by atoms with Gasteiger partial charge in [-0.25, -0.2) is 0 Å². The summed E-state index contributed by atoms with van der Waals surface area (Å²) in [4.78, 5) is 24.3. The fourth-order valence-electron chi connectivity index (χ4n) is 11.6. The summed E-state index contributed by atoms with van der Waals surface area (Å²) in [7, 11) is 0. The number of fused-ring (bicyclic) bond motifs is 7. The Labute approximate surface area is 267 Å². The van der Waals surface area contributed by atoms with Gasteiger partial charge >= 0.3 is 5.97 Å². The van der Waals surface area contributed by atoms with Gasteiger partial charge in [0.1, 0.15) is 12.7 Å². The van der Waals surface area contributed by atoms with Gasteiger partial charge in [-0.1, -0.05) is 53.2 Å². The molecule has 4 fully saturated rings. The number of carbonyl (C=O) groups is 1. The average molecular weight is 624 g/mol. The summed E-state index contributed by atoms with van der Waals surface area (Å²) in [6.45, 7) is 15.7. The molecule has 8 nitrogen and oxygen atoms in total. The number of aliphatic hydroxyl groups is 3. The van der Waals surface area contributed by atoms with Crippen molar-refractivity contribution in [2.75, 3.05) is 0 Å². The molecule has 6 rings (SSSR count). The predicted octanol–water partition coefficient (Wildman–Crippen LogP) is 6.74. The number of nitro benzene ring substituents is 1. The van der Waals surface area contributed by atoms with Crippen LogP contribution in [0.5, 0.6) is 0 Å². The fourth-order valence-corrected chi connectivity index (χ4v) is 11.6. The number of nitro groups is 1. The van der Waals surface area contributed by atoms with E-state index in [1.807, 2.05) is 6.92 Å². The van der Waals surface area contributed by atoms with E-state index in [-0.39, 0.29) is 52.3 Å². The van der Waals surface area contributed by atoms with Gasteiger partial charge in [-0.2, -0.15) is 0 Å². The van der Waals surface area contributed by atoms with Crippen LogP contribution < -0.4 is 0 Å². The fraction of sp³-hybridized carbons (Fsp3) is 0.757. The summed E-state index contributed by atoms with van der Waals surface area (Å²) in [6, 6.07) is 6.16. The van der Waals surface area contributed by atoms with Crippen molar-refractivity contribution in [3.8, 4) is 0 Å². The van der Waals surface area contributed by atoms with Gasteiger partial charge in [0, 0.05) is 17.5 Å². The van der Waals surface area contributed by atoms with E-state index in [9.17, 15) is 30.2 Å². The first-order valence-corrected chi connectivity index (χ1v) is 17.0. The molecule has 1 aromatic rings. The van der Waals surface area contributed by atoms with Crippen molar-refractivity contribution in [1.82, 2.24) is 0 Å².